The van der Waals surface area contributed by atoms with Crippen LogP contribution < -0.4 is 0 Å². The van der Waals surface area contributed by atoms with E-state index in [-0.39, 0.29) is 11.7 Å². The van der Waals surface area contributed by atoms with Crippen LogP contribution in [0.2, 0.25) is 0 Å². The molecular weight excluding hydrogens is 378 g/mol. The summed E-state index contributed by atoms with van der Waals surface area (Å²) in [7, 11) is 0. The average Bonchev–Trinajstić information content (AvgIpc) is 3.39. The first-order valence-corrected chi connectivity index (χ1v) is 10.3. The Morgan fingerprint density at radius 3 is 2.37 bits per heavy atom. The van der Waals surface area contributed by atoms with Crippen molar-refractivity contribution < 1.29 is 14.0 Å². The van der Waals surface area contributed by atoms with Crippen LogP contribution in [0.5, 0.6) is 0 Å². The van der Waals surface area contributed by atoms with E-state index >= 15 is 0 Å². The van der Waals surface area contributed by atoms with E-state index in [2.05, 4.69) is 21.6 Å². The van der Waals surface area contributed by atoms with Gasteiger partial charge in [0, 0.05) is 49.7 Å². The second-order valence-electron chi connectivity index (χ2n) is 7.83. The summed E-state index contributed by atoms with van der Waals surface area (Å²) in [5, 5.41) is 0. The van der Waals surface area contributed by atoms with E-state index in [4.69, 9.17) is 4.42 Å². The number of carbonyl (C=O) groups excluding carboxylic acids is 2. The number of piperazine rings is 1. The average molecular weight is 405 g/mol. The van der Waals surface area contributed by atoms with E-state index in [1.54, 1.807) is 17.0 Å². The molecule has 4 rings (SSSR count). The molecule has 0 unspecified atom stereocenters. The number of nitrogens with zero attached hydrogens (tertiary/aromatic N) is 3. The summed E-state index contributed by atoms with van der Waals surface area (Å²) >= 11 is 0. The van der Waals surface area contributed by atoms with Gasteiger partial charge in [-0.1, -0.05) is 30.3 Å². The fraction of sp³-hybridized carbons (Fsp3) is 0.333. The van der Waals surface area contributed by atoms with Gasteiger partial charge in [-0.3, -0.25) is 14.5 Å². The number of hydrogen-bond donors (Lipinski definition) is 0. The third kappa shape index (κ3) is 4.24. The van der Waals surface area contributed by atoms with Crippen molar-refractivity contribution in [2.24, 2.45) is 0 Å². The highest BCUT2D eigenvalue weighted by molar-refractivity contribution is 5.99. The molecule has 1 aliphatic rings. The molecule has 1 aromatic carbocycles. The van der Waals surface area contributed by atoms with Crippen LogP contribution in [0.25, 0.3) is 0 Å². The molecule has 6 heteroatoms. The van der Waals surface area contributed by atoms with Crippen molar-refractivity contribution in [3.05, 3.63) is 83.1 Å². The lowest BCUT2D eigenvalue weighted by atomic mass is 10.1. The van der Waals surface area contributed by atoms with Crippen LogP contribution in [0.15, 0.2) is 59.2 Å². The zero-order valence-electron chi connectivity index (χ0n) is 17.5. The number of amides is 1. The van der Waals surface area contributed by atoms with Crippen LogP contribution in [-0.2, 0) is 6.54 Å². The third-order valence-corrected chi connectivity index (χ3v) is 5.82. The Labute approximate surface area is 176 Å². The number of ketones is 1. The summed E-state index contributed by atoms with van der Waals surface area (Å²) in [6, 6.07) is 15.7. The Kier molecular flexibility index (Phi) is 5.86. The number of furan rings is 1. The van der Waals surface area contributed by atoms with Gasteiger partial charge >= 0.3 is 0 Å². The standard InChI is InChI=1S/C24H27N3O3/c1-18-15-21(19(2)27(18)16-20-7-4-3-5-8-20)22(28)17-25-10-12-26(13-11-25)24(29)23-9-6-14-30-23/h3-9,14-15H,10-13,16-17H2,1-2H3. The van der Waals surface area contributed by atoms with E-state index in [1.807, 2.05) is 38.1 Å². The van der Waals surface area contributed by atoms with E-state index in [0.29, 0.717) is 38.5 Å². The first-order chi connectivity index (χ1) is 14.5. The van der Waals surface area contributed by atoms with Crippen LogP contribution >= 0.6 is 0 Å². The molecule has 0 atom stereocenters. The summed E-state index contributed by atoms with van der Waals surface area (Å²) in [5.74, 6) is 0.411. The Hall–Kier alpha value is -3.12. The number of carbonyl (C=O) groups is 2. The van der Waals surface area contributed by atoms with E-state index in [0.717, 1.165) is 23.5 Å². The van der Waals surface area contributed by atoms with Gasteiger partial charge in [0.25, 0.3) is 5.91 Å². The van der Waals surface area contributed by atoms with Crippen LogP contribution in [0.1, 0.15) is 37.9 Å². The van der Waals surface area contributed by atoms with E-state index < -0.39 is 0 Å². The van der Waals surface area contributed by atoms with Gasteiger partial charge in [-0.25, -0.2) is 0 Å². The summed E-state index contributed by atoms with van der Waals surface area (Å²) in [6.45, 7) is 7.76. The maximum Gasteiger partial charge on any atom is 0.289 e. The molecule has 0 aliphatic carbocycles. The Morgan fingerprint density at radius 2 is 1.70 bits per heavy atom. The van der Waals surface area contributed by atoms with Crippen LogP contribution in [0, 0.1) is 13.8 Å². The van der Waals surface area contributed by atoms with Crippen molar-refractivity contribution in [1.29, 1.82) is 0 Å². The minimum atomic E-state index is -0.0876. The van der Waals surface area contributed by atoms with Crippen molar-refractivity contribution in [3.63, 3.8) is 0 Å². The maximum absolute atomic E-state index is 13.0. The molecule has 1 aliphatic heterocycles. The third-order valence-electron chi connectivity index (χ3n) is 5.82. The predicted molar refractivity (Wildman–Crippen MR) is 115 cm³/mol. The zero-order valence-corrected chi connectivity index (χ0v) is 17.5. The van der Waals surface area contributed by atoms with Gasteiger partial charge < -0.3 is 13.9 Å². The molecule has 1 amide bonds. The maximum atomic E-state index is 13.0. The second-order valence-corrected chi connectivity index (χ2v) is 7.83. The van der Waals surface area contributed by atoms with Crippen molar-refractivity contribution in [2.75, 3.05) is 32.7 Å². The molecule has 0 N–H and O–H groups in total. The minimum Gasteiger partial charge on any atom is -0.459 e. The van der Waals surface area contributed by atoms with Crippen molar-refractivity contribution in [1.82, 2.24) is 14.4 Å². The van der Waals surface area contributed by atoms with Crippen LogP contribution in [0.3, 0.4) is 0 Å². The molecule has 0 spiro atoms. The molecule has 3 aromatic rings. The van der Waals surface area contributed by atoms with Gasteiger partial charge in [-0.05, 0) is 37.6 Å². The quantitative estimate of drug-likeness (QED) is 0.590. The first kappa shape index (κ1) is 20.2. The normalized spacial score (nSPS) is 14.8. The zero-order chi connectivity index (χ0) is 21.1. The number of benzene rings is 1. The highest BCUT2D eigenvalue weighted by Gasteiger charge is 2.26. The smallest absolute Gasteiger partial charge is 0.289 e. The minimum absolute atomic E-state index is 0.0876. The highest BCUT2D eigenvalue weighted by atomic mass is 16.3. The molecule has 2 aromatic heterocycles. The van der Waals surface area contributed by atoms with Gasteiger partial charge in [0.15, 0.2) is 11.5 Å². The van der Waals surface area contributed by atoms with Crippen molar-refractivity contribution in [2.45, 2.75) is 20.4 Å². The molecule has 0 saturated carbocycles. The second kappa shape index (κ2) is 8.71. The topological polar surface area (TPSA) is 58.7 Å². The molecule has 156 valence electrons. The molecule has 0 bridgehead atoms. The van der Waals surface area contributed by atoms with E-state index in [1.165, 1.54) is 11.8 Å². The van der Waals surface area contributed by atoms with Gasteiger partial charge in [0.2, 0.25) is 0 Å². The largest absolute Gasteiger partial charge is 0.459 e. The SMILES string of the molecule is Cc1cc(C(=O)CN2CCN(C(=O)c3ccco3)CC2)c(C)n1Cc1ccccc1. The van der Waals surface area contributed by atoms with Crippen LogP contribution in [0.4, 0.5) is 0 Å². The molecule has 1 fully saturated rings. The molecule has 3 heterocycles. The number of Topliss-reactive ketones (excluding diaryl/α,β-unsaturated/α-hetero) is 1. The summed E-state index contributed by atoms with van der Waals surface area (Å²) < 4.78 is 7.40. The predicted octanol–water partition coefficient (Wildman–Crippen LogP) is 3.39. The number of aromatic nitrogens is 1. The number of hydrogen-bond acceptors (Lipinski definition) is 4. The number of aryl methyl sites for hydroxylation is 1. The summed E-state index contributed by atoms with van der Waals surface area (Å²) in [6.07, 6.45) is 1.51. The van der Waals surface area contributed by atoms with Crippen molar-refractivity contribution >= 4 is 11.7 Å². The summed E-state index contributed by atoms with van der Waals surface area (Å²) in [5.41, 5.74) is 4.11. The molecule has 1 saturated heterocycles. The molecule has 30 heavy (non-hydrogen) atoms. The van der Waals surface area contributed by atoms with Gasteiger partial charge in [0.1, 0.15) is 0 Å². The van der Waals surface area contributed by atoms with Gasteiger partial charge in [-0.15, -0.1) is 0 Å². The lowest BCUT2D eigenvalue weighted by Crippen LogP contribution is -2.49. The van der Waals surface area contributed by atoms with Crippen molar-refractivity contribution in [3.8, 4) is 0 Å². The van der Waals surface area contributed by atoms with Crippen LogP contribution in [-0.4, -0.2) is 58.8 Å². The first-order valence-electron chi connectivity index (χ1n) is 10.3. The molecule has 6 nitrogen and oxygen atoms in total. The monoisotopic (exact) mass is 405 g/mol. The fourth-order valence-electron chi connectivity index (χ4n) is 4.05. The fourth-order valence-corrected chi connectivity index (χ4v) is 4.05. The Bertz CT molecular complexity index is 1010. The van der Waals surface area contributed by atoms with E-state index in [9.17, 15) is 9.59 Å². The van der Waals surface area contributed by atoms with Gasteiger partial charge in [0.05, 0.1) is 12.8 Å². The van der Waals surface area contributed by atoms with Gasteiger partial charge in [-0.2, -0.15) is 0 Å². The Balaban J connectivity index is 1.37. The molecular formula is C24H27N3O3. The number of rotatable bonds is 6. The Morgan fingerprint density at radius 1 is 0.967 bits per heavy atom. The highest BCUT2D eigenvalue weighted by Crippen LogP contribution is 2.19. The molecule has 0 radical (unpaired) electrons. The lowest BCUT2D eigenvalue weighted by molar-refractivity contribution is 0.0596. The summed E-state index contributed by atoms with van der Waals surface area (Å²) in [4.78, 5) is 29.3. The lowest BCUT2D eigenvalue weighted by Gasteiger charge is -2.33.